The van der Waals surface area contributed by atoms with E-state index >= 15 is 0 Å². The number of fused-ring (bicyclic) bond motifs is 1. The normalized spacial score (nSPS) is 15.6. The Morgan fingerprint density at radius 1 is 1.00 bits per heavy atom. The Bertz CT molecular complexity index is 1260. The molecule has 1 saturated heterocycles. The van der Waals surface area contributed by atoms with E-state index in [9.17, 15) is 13.2 Å². The number of nitrogens with zero attached hydrogens (tertiary/aromatic N) is 4. The molecule has 0 aliphatic carbocycles. The van der Waals surface area contributed by atoms with Gasteiger partial charge in [-0.2, -0.15) is 4.31 Å². The van der Waals surface area contributed by atoms with Crippen molar-refractivity contribution in [3.05, 3.63) is 71.6 Å². The van der Waals surface area contributed by atoms with Gasteiger partial charge in [-0.05, 0) is 49.2 Å². The molecule has 0 radical (unpaired) electrons. The second-order valence-corrected chi connectivity index (χ2v) is 9.52. The Labute approximate surface area is 182 Å². The van der Waals surface area contributed by atoms with Gasteiger partial charge in [-0.1, -0.05) is 24.3 Å². The molecule has 1 aliphatic heterocycles. The van der Waals surface area contributed by atoms with Crippen molar-refractivity contribution in [2.45, 2.75) is 18.7 Å². The number of para-hydroxylation sites is 2. The van der Waals surface area contributed by atoms with E-state index < -0.39 is 10.0 Å². The molecule has 2 heterocycles. The molecular weight excluding hydrogens is 412 g/mol. The number of hydrogen-bond acceptors (Lipinski definition) is 5. The van der Waals surface area contributed by atoms with Crippen LogP contribution in [-0.2, 0) is 14.8 Å². The van der Waals surface area contributed by atoms with Gasteiger partial charge in [-0.25, -0.2) is 13.4 Å². The number of carbonyl (C=O) groups excluding carboxylic acids is 1. The van der Waals surface area contributed by atoms with E-state index in [4.69, 9.17) is 0 Å². The van der Waals surface area contributed by atoms with Gasteiger partial charge in [0.15, 0.2) is 0 Å². The highest BCUT2D eigenvalue weighted by molar-refractivity contribution is 7.89. The fourth-order valence-corrected chi connectivity index (χ4v) is 5.32. The Morgan fingerprint density at radius 2 is 1.71 bits per heavy atom. The summed E-state index contributed by atoms with van der Waals surface area (Å²) in [6, 6.07) is 13.0. The molecule has 1 amide bonds. The maximum absolute atomic E-state index is 13.0. The number of aromatic nitrogens is 2. The van der Waals surface area contributed by atoms with Crippen LogP contribution < -0.4 is 0 Å². The number of carbonyl (C=O) groups is 1. The maximum Gasteiger partial charge on any atom is 0.246 e. The minimum atomic E-state index is -3.58. The standard InChI is InChI=1S/C23H24N4O3S/c1-17-7-8-18(2)22(15-17)31(29,30)27-13-11-26(12-14-27)23(28)10-9-19-16-24-20-5-3-4-6-21(20)25-19/h3-10,15-16H,11-14H2,1-2H3/b10-9+. The van der Waals surface area contributed by atoms with E-state index in [1.54, 1.807) is 30.2 Å². The van der Waals surface area contributed by atoms with Crippen LogP contribution in [0.15, 0.2) is 59.6 Å². The maximum atomic E-state index is 13.0. The first-order chi connectivity index (χ1) is 14.8. The van der Waals surface area contributed by atoms with Crippen molar-refractivity contribution in [3.8, 4) is 0 Å². The average molecular weight is 437 g/mol. The second kappa shape index (κ2) is 8.56. The molecule has 0 bridgehead atoms. The quantitative estimate of drug-likeness (QED) is 0.588. The lowest BCUT2D eigenvalue weighted by atomic mass is 10.2. The molecule has 160 valence electrons. The van der Waals surface area contributed by atoms with Crippen molar-refractivity contribution >= 4 is 33.0 Å². The summed E-state index contributed by atoms with van der Waals surface area (Å²) in [6.45, 7) is 4.90. The first-order valence-corrected chi connectivity index (χ1v) is 11.5. The first kappa shape index (κ1) is 21.1. The summed E-state index contributed by atoms with van der Waals surface area (Å²) >= 11 is 0. The van der Waals surface area contributed by atoms with E-state index in [0.717, 1.165) is 22.2 Å². The lowest BCUT2D eigenvalue weighted by molar-refractivity contribution is -0.127. The zero-order valence-corrected chi connectivity index (χ0v) is 18.3. The third kappa shape index (κ3) is 4.50. The predicted octanol–water partition coefficient (Wildman–Crippen LogP) is 2.79. The van der Waals surface area contributed by atoms with Crippen molar-refractivity contribution in [2.24, 2.45) is 0 Å². The number of rotatable bonds is 4. The van der Waals surface area contributed by atoms with Crippen LogP contribution in [0.2, 0.25) is 0 Å². The number of benzene rings is 2. The largest absolute Gasteiger partial charge is 0.337 e. The van der Waals surface area contributed by atoms with Gasteiger partial charge in [0, 0.05) is 32.3 Å². The molecule has 4 rings (SSSR count). The van der Waals surface area contributed by atoms with Crippen molar-refractivity contribution in [2.75, 3.05) is 26.2 Å². The van der Waals surface area contributed by atoms with Gasteiger partial charge in [-0.3, -0.25) is 9.78 Å². The first-order valence-electron chi connectivity index (χ1n) is 10.1. The molecule has 0 N–H and O–H groups in total. The smallest absolute Gasteiger partial charge is 0.246 e. The van der Waals surface area contributed by atoms with Gasteiger partial charge in [0.1, 0.15) is 0 Å². The summed E-state index contributed by atoms with van der Waals surface area (Å²) < 4.78 is 27.6. The molecule has 7 nitrogen and oxygen atoms in total. The number of hydrogen-bond donors (Lipinski definition) is 0. The minimum absolute atomic E-state index is 0.168. The molecule has 0 unspecified atom stereocenters. The zero-order chi connectivity index (χ0) is 22.0. The van der Waals surface area contributed by atoms with Crippen LogP contribution in [0.4, 0.5) is 0 Å². The SMILES string of the molecule is Cc1ccc(C)c(S(=O)(=O)N2CCN(C(=O)/C=C/c3cnc4ccccc4n3)CC2)c1. The van der Waals surface area contributed by atoms with Crippen LogP contribution in [0, 0.1) is 13.8 Å². The number of aryl methyl sites for hydroxylation is 2. The van der Waals surface area contributed by atoms with Crippen molar-refractivity contribution in [3.63, 3.8) is 0 Å². The lowest BCUT2D eigenvalue weighted by Crippen LogP contribution is -2.50. The van der Waals surface area contributed by atoms with Gasteiger partial charge < -0.3 is 4.90 Å². The second-order valence-electron chi connectivity index (χ2n) is 7.62. The van der Waals surface area contributed by atoms with Gasteiger partial charge in [0.25, 0.3) is 0 Å². The molecule has 3 aromatic rings. The highest BCUT2D eigenvalue weighted by Gasteiger charge is 2.30. The molecule has 1 fully saturated rings. The summed E-state index contributed by atoms with van der Waals surface area (Å²) in [4.78, 5) is 23.4. The summed E-state index contributed by atoms with van der Waals surface area (Å²) in [7, 11) is -3.58. The van der Waals surface area contributed by atoms with Crippen LogP contribution in [0.25, 0.3) is 17.1 Å². The topological polar surface area (TPSA) is 83.5 Å². The monoisotopic (exact) mass is 436 g/mol. The Balaban J connectivity index is 1.41. The summed E-state index contributed by atoms with van der Waals surface area (Å²) in [5.41, 5.74) is 3.79. The Morgan fingerprint density at radius 3 is 2.45 bits per heavy atom. The van der Waals surface area contributed by atoms with Crippen LogP contribution in [0.1, 0.15) is 16.8 Å². The highest BCUT2D eigenvalue weighted by atomic mass is 32.2. The van der Waals surface area contributed by atoms with Gasteiger partial charge >= 0.3 is 0 Å². The van der Waals surface area contributed by atoms with Gasteiger partial charge in [0.05, 0.1) is 27.8 Å². The third-order valence-electron chi connectivity index (χ3n) is 5.38. The molecule has 31 heavy (non-hydrogen) atoms. The van der Waals surface area contributed by atoms with E-state index in [0.29, 0.717) is 23.7 Å². The summed E-state index contributed by atoms with van der Waals surface area (Å²) in [5.74, 6) is -0.168. The molecule has 0 saturated carbocycles. The van der Waals surface area contributed by atoms with Gasteiger partial charge in [-0.15, -0.1) is 0 Å². The van der Waals surface area contributed by atoms with E-state index in [1.807, 2.05) is 43.3 Å². The number of piperazine rings is 1. The van der Waals surface area contributed by atoms with Crippen LogP contribution in [0.3, 0.4) is 0 Å². The molecular formula is C23H24N4O3S. The van der Waals surface area contributed by atoms with Crippen molar-refractivity contribution in [1.29, 1.82) is 0 Å². The van der Waals surface area contributed by atoms with E-state index in [2.05, 4.69) is 9.97 Å². The zero-order valence-electron chi connectivity index (χ0n) is 17.5. The molecule has 0 spiro atoms. The molecule has 1 aromatic heterocycles. The molecule has 1 aliphatic rings. The molecule has 2 aromatic carbocycles. The lowest BCUT2D eigenvalue weighted by Gasteiger charge is -2.33. The average Bonchev–Trinajstić information content (AvgIpc) is 2.79. The van der Waals surface area contributed by atoms with E-state index in [-0.39, 0.29) is 19.0 Å². The molecule has 8 heteroatoms. The fraction of sp³-hybridized carbons (Fsp3) is 0.261. The van der Waals surface area contributed by atoms with E-state index in [1.165, 1.54) is 10.4 Å². The Hall–Kier alpha value is -3.10. The minimum Gasteiger partial charge on any atom is -0.337 e. The van der Waals surface area contributed by atoms with Crippen LogP contribution >= 0.6 is 0 Å². The Kier molecular flexibility index (Phi) is 5.84. The molecule has 0 atom stereocenters. The van der Waals surface area contributed by atoms with Crippen molar-refractivity contribution in [1.82, 2.24) is 19.2 Å². The third-order valence-corrected chi connectivity index (χ3v) is 7.42. The van der Waals surface area contributed by atoms with Crippen molar-refractivity contribution < 1.29 is 13.2 Å². The number of sulfonamides is 1. The van der Waals surface area contributed by atoms with Gasteiger partial charge in [0.2, 0.25) is 15.9 Å². The van der Waals surface area contributed by atoms with Crippen LogP contribution in [-0.4, -0.2) is 59.7 Å². The summed E-state index contributed by atoms with van der Waals surface area (Å²) in [5, 5.41) is 0. The van der Waals surface area contributed by atoms with Crippen LogP contribution in [0.5, 0.6) is 0 Å². The predicted molar refractivity (Wildman–Crippen MR) is 120 cm³/mol. The summed E-state index contributed by atoms with van der Waals surface area (Å²) in [6.07, 6.45) is 4.73. The highest BCUT2D eigenvalue weighted by Crippen LogP contribution is 2.22. The fourth-order valence-electron chi connectivity index (χ4n) is 3.59. The number of amides is 1.